The Balaban J connectivity index is 2.06. The smallest absolute Gasteiger partial charge is 0.318 e. The second kappa shape index (κ2) is 5.96. The first-order valence-electron chi connectivity index (χ1n) is 5.23. The molecule has 1 unspecified atom stereocenters. The van der Waals surface area contributed by atoms with Gasteiger partial charge in [0.05, 0.1) is 13.7 Å². The van der Waals surface area contributed by atoms with Crippen molar-refractivity contribution in [2.24, 2.45) is 0 Å². The number of hydrogen-bond acceptors (Lipinski definition) is 7. The molecule has 6 nitrogen and oxygen atoms in total. The van der Waals surface area contributed by atoms with E-state index in [0.717, 1.165) is 4.88 Å². The van der Waals surface area contributed by atoms with Gasteiger partial charge in [0.25, 0.3) is 0 Å². The summed E-state index contributed by atoms with van der Waals surface area (Å²) in [5.41, 5.74) is 0. The molecule has 0 radical (unpaired) electrons. The Morgan fingerprint density at radius 1 is 1.67 bits per heavy atom. The summed E-state index contributed by atoms with van der Waals surface area (Å²) >= 11 is 2.93. The Morgan fingerprint density at radius 3 is 3.17 bits per heavy atom. The number of nitrogens with zero attached hydrogens (tertiary/aromatic N) is 4. The molecule has 0 saturated heterocycles. The van der Waals surface area contributed by atoms with Gasteiger partial charge < -0.3 is 4.74 Å². The number of tetrazole rings is 1. The van der Waals surface area contributed by atoms with Gasteiger partial charge in [-0.2, -0.15) is 0 Å². The molecule has 18 heavy (non-hydrogen) atoms. The van der Waals surface area contributed by atoms with Crippen molar-refractivity contribution < 1.29 is 9.53 Å². The second-order valence-corrected chi connectivity index (χ2v) is 5.82. The number of carbonyl (C=O) groups is 1. The van der Waals surface area contributed by atoms with Crippen LogP contribution in [0.2, 0.25) is 0 Å². The Labute approximate surface area is 112 Å². The van der Waals surface area contributed by atoms with Gasteiger partial charge in [-0.1, -0.05) is 17.8 Å². The van der Waals surface area contributed by atoms with Gasteiger partial charge in [0, 0.05) is 4.88 Å². The maximum absolute atomic E-state index is 11.3. The summed E-state index contributed by atoms with van der Waals surface area (Å²) in [6.45, 7) is 2.38. The van der Waals surface area contributed by atoms with Gasteiger partial charge in [-0.15, -0.1) is 16.4 Å². The van der Waals surface area contributed by atoms with E-state index < -0.39 is 0 Å². The van der Waals surface area contributed by atoms with Crippen LogP contribution in [0.15, 0.2) is 22.7 Å². The fourth-order valence-electron chi connectivity index (χ4n) is 1.30. The number of ether oxygens (including phenoxy) is 1. The van der Waals surface area contributed by atoms with Crippen molar-refractivity contribution in [1.82, 2.24) is 20.2 Å². The van der Waals surface area contributed by atoms with Gasteiger partial charge in [0.1, 0.15) is 5.25 Å². The number of aromatic nitrogens is 4. The third kappa shape index (κ3) is 3.08. The van der Waals surface area contributed by atoms with E-state index in [2.05, 4.69) is 20.3 Å². The molecular weight excluding hydrogens is 272 g/mol. The molecule has 0 aliphatic heterocycles. The second-order valence-electron chi connectivity index (χ2n) is 3.48. The predicted molar refractivity (Wildman–Crippen MR) is 68.6 cm³/mol. The fourth-order valence-corrected chi connectivity index (χ4v) is 2.80. The Hall–Kier alpha value is -1.41. The third-order valence-corrected chi connectivity index (χ3v) is 4.11. The molecule has 0 aliphatic carbocycles. The molecule has 0 aliphatic rings. The third-order valence-electron chi connectivity index (χ3n) is 2.20. The van der Waals surface area contributed by atoms with Crippen LogP contribution in [0.4, 0.5) is 0 Å². The van der Waals surface area contributed by atoms with Gasteiger partial charge in [-0.3, -0.25) is 4.79 Å². The van der Waals surface area contributed by atoms with Gasteiger partial charge in [-0.25, -0.2) is 4.68 Å². The lowest BCUT2D eigenvalue weighted by Gasteiger charge is -2.07. The lowest BCUT2D eigenvalue weighted by atomic mass is 10.5. The monoisotopic (exact) mass is 284 g/mol. The summed E-state index contributed by atoms with van der Waals surface area (Å²) in [5, 5.41) is 13.8. The van der Waals surface area contributed by atoms with E-state index in [1.54, 1.807) is 22.9 Å². The number of rotatable bonds is 5. The van der Waals surface area contributed by atoms with Crippen molar-refractivity contribution >= 4 is 29.1 Å². The molecule has 8 heteroatoms. The van der Waals surface area contributed by atoms with Gasteiger partial charge in [0.2, 0.25) is 5.16 Å². The highest BCUT2D eigenvalue weighted by atomic mass is 32.2. The Bertz CT molecular complexity index is 512. The molecule has 0 saturated carbocycles. The van der Waals surface area contributed by atoms with Crippen LogP contribution >= 0.6 is 23.1 Å². The van der Waals surface area contributed by atoms with Crippen molar-refractivity contribution in [3.63, 3.8) is 0 Å². The van der Waals surface area contributed by atoms with Crippen LogP contribution in [0, 0.1) is 0 Å². The summed E-state index contributed by atoms with van der Waals surface area (Å²) in [4.78, 5) is 12.5. The molecule has 2 heterocycles. The molecule has 2 aromatic heterocycles. The zero-order chi connectivity index (χ0) is 13.0. The van der Waals surface area contributed by atoms with Crippen molar-refractivity contribution in [3.8, 4) is 0 Å². The first kappa shape index (κ1) is 13.0. The quantitative estimate of drug-likeness (QED) is 0.611. The average molecular weight is 284 g/mol. The molecule has 2 aromatic rings. The first-order valence-corrected chi connectivity index (χ1v) is 6.99. The van der Waals surface area contributed by atoms with E-state index in [0.29, 0.717) is 11.7 Å². The largest absolute Gasteiger partial charge is 0.468 e. The van der Waals surface area contributed by atoms with E-state index in [1.807, 2.05) is 17.5 Å². The summed E-state index contributed by atoms with van der Waals surface area (Å²) in [5.74, 6) is -0.286. The number of methoxy groups -OCH3 is 1. The van der Waals surface area contributed by atoms with E-state index >= 15 is 0 Å². The summed E-state index contributed by atoms with van der Waals surface area (Å²) in [6, 6.07) is 4.00. The van der Waals surface area contributed by atoms with Crippen LogP contribution < -0.4 is 0 Å². The molecule has 0 amide bonds. The molecule has 0 spiro atoms. The zero-order valence-corrected chi connectivity index (χ0v) is 11.6. The molecular formula is C10H12N4O2S2. The minimum Gasteiger partial charge on any atom is -0.468 e. The van der Waals surface area contributed by atoms with E-state index in [4.69, 9.17) is 0 Å². The summed E-state index contributed by atoms with van der Waals surface area (Å²) < 4.78 is 6.35. The molecule has 0 N–H and O–H groups in total. The highest BCUT2D eigenvalue weighted by Gasteiger charge is 2.18. The topological polar surface area (TPSA) is 69.9 Å². The Kier molecular flexibility index (Phi) is 4.32. The van der Waals surface area contributed by atoms with Crippen LogP contribution in [0.5, 0.6) is 0 Å². The SMILES string of the molecule is COC(=O)C(C)Sc1nnnn1Cc1cccs1. The van der Waals surface area contributed by atoms with Crippen molar-refractivity contribution in [1.29, 1.82) is 0 Å². The zero-order valence-electron chi connectivity index (χ0n) is 9.94. The lowest BCUT2D eigenvalue weighted by Crippen LogP contribution is -2.16. The summed E-state index contributed by atoms with van der Waals surface area (Å²) in [7, 11) is 1.37. The van der Waals surface area contributed by atoms with Crippen LogP contribution in [-0.4, -0.2) is 38.5 Å². The number of carbonyl (C=O) groups excluding carboxylic acids is 1. The fraction of sp³-hybridized carbons (Fsp3) is 0.400. The van der Waals surface area contributed by atoms with Crippen LogP contribution in [-0.2, 0) is 16.1 Å². The normalized spacial score (nSPS) is 12.3. The molecule has 1 atom stereocenters. The number of thioether (sulfide) groups is 1. The molecule has 96 valence electrons. The minimum absolute atomic E-state index is 0.286. The minimum atomic E-state index is -0.330. The van der Waals surface area contributed by atoms with Gasteiger partial charge in [0.15, 0.2) is 0 Å². The van der Waals surface area contributed by atoms with E-state index in [9.17, 15) is 4.79 Å². The number of thiophene rings is 1. The average Bonchev–Trinajstić information content (AvgIpc) is 3.01. The Morgan fingerprint density at radius 2 is 2.50 bits per heavy atom. The molecule has 0 bridgehead atoms. The van der Waals surface area contributed by atoms with Crippen LogP contribution in [0.3, 0.4) is 0 Å². The maximum atomic E-state index is 11.3. The molecule has 0 aromatic carbocycles. The molecule has 0 fully saturated rings. The number of hydrogen-bond donors (Lipinski definition) is 0. The van der Waals surface area contributed by atoms with Crippen LogP contribution in [0.1, 0.15) is 11.8 Å². The number of esters is 1. The van der Waals surface area contributed by atoms with Crippen molar-refractivity contribution in [2.75, 3.05) is 7.11 Å². The van der Waals surface area contributed by atoms with Crippen LogP contribution in [0.25, 0.3) is 0 Å². The summed E-state index contributed by atoms with van der Waals surface area (Å²) in [6.07, 6.45) is 0. The standard InChI is InChI=1S/C10H12N4O2S2/c1-7(9(15)16-2)18-10-11-12-13-14(10)6-8-4-3-5-17-8/h3-5,7H,6H2,1-2H3. The van der Waals surface area contributed by atoms with E-state index in [-0.39, 0.29) is 11.2 Å². The van der Waals surface area contributed by atoms with E-state index in [1.165, 1.54) is 18.9 Å². The van der Waals surface area contributed by atoms with Crippen molar-refractivity contribution in [2.45, 2.75) is 23.9 Å². The van der Waals surface area contributed by atoms with Crippen molar-refractivity contribution in [3.05, 3.63) is 22.4 Å². The lowest BCUT2D eigenvalue weighted by molar-refractivity contribution is -0.139. The first-order chi connectivity index (χ1) is 8.70. The molecule has 2 rings (SSSR count). The maximum Gasteiger partial charge on any atom is 0.318 e. The highest BCUT2D eigenvalue weighted by Crippen LogP contribution is 2.22. The predicted octanol–water partition coefficient (Wildman–Crippen LogP) is 1.44. The van der Waals surface area contributed by atoms with Gasteiger partial charge in [-0.05, 0) is 28.8 Å². The highest BCUT2D eigenvalue weighted by molar-refractivity contribution is 8.00. The van der Waals surface area contributed by atoms with Gasteiger partial charge >= 0.3 is 5.97 Å².